The minimum Gasteiger partial charge on any atom is -0.346 e. The van der Waals surface area contributed by atoms with Crippen LogP contribution in [0, 0.1) is 0 Å². The summed E-state index contributed by atoms with van der Waals surface area (Å²) in [4.78, 5) is 0. The van der Waals surface area contributed by atoms with Crippen molar-refractivity contribution in [1.29, 1.82) is 0 Å². The molecule has 0 aliphatic heterocycles. The van der Waals surface area contributed by atoms with Crippen LogP contribution in [-0.2, 0) is 5.41 Å². The van der Waals surface area contributed by atoms with Gasteiger partial charge in [-0.25, -0.2) is 0 Å². The molecule has 0 radical (unpaired) electrons. The molecule has 0 spiro atoms. The van der Waals surface area contributed by atoms with Crippen LogP contribution in [0.1, 0.15) is 26.3 Å². The fourth-order valence-corrected chi connectivity index (χ4v) is 2.87. The summed E-state index contributed by atoms with van der Waals surface area (Å²) in [6.45, 7) is 6.79. The molecule has 0 amide bonds. The molecule has 3 heteroatoms. The number of hydrogen-bond donors (Lipinski definition) is 0. The second kappa shape index (κ2) is 8.45. The van der Waals surface area contributed by atoms with E-state index in [4.69, 9.17) is 0 Å². The zero-order chi connectivity index (χ0) is 19.1. The molecule has 3 nitrogen and oxygen atoms in total. The predicted molar refractivity (Wildman–Crippen MR) is 110 cm³/mol. The smallest absolute Gasteiger partial charge is 0.144 e. The van der Waals surface area contributed by atoms with Crippen LogP contribution in [0.4, 0.5) is 0 Å². The third kappa shape index (κ3) is 4.91. The van der Waals surface area contributed by atoms with Gasteiger partial charge in [0, 0.05) is 5.27 Å². The van der Waals surface area contributed by atoms with Crippen molar-refractivity contribution in [3.8, 4) is 22.3 Å². The highest BCUT2D eigenvalue weighted by atomic mass is 16.5. The molecule has 0 saturated carbocycles. The zero-order valence-electron chi connectivity index (χ0n) is 16.0. The molecule has 0 saturated heterocycles. The maximum Gasteiger partial charge on any atom is 0.144 e. The van der Waals surface area contributed by atoms with Crippen molar-refractivity contribution in [3.63, 3.8) is 0 Å². The van der Waals surface area contributed by atoms with E-state index in [1.165, 1.54) is 40.3 Å². The predicted octanol–water partition coefficient (Wildman–Crippen LogP) is 6.39. The van der Waals surface area contributed by atoms with E-state index < -0.39 is 0 Å². The van der Waals surface area contributed by atoms with Crippen LogP contribution >= 0.6 is 0 Å². The fourth-order valence-electron chi connectivity index (χ4n) is 2.87. The van der Waals surface area contributed by atoms with Crippen LogP contribution in [0.25, 0.3) is 22.3 Å². The van der Waals surface area contributed by atoms with Crippen molar-refractivity contribution < 1.29 is 4.52 Å². The summed E-state index contributed by atoms with van der Waals surface area (Å²) < 4.78 is 4.22. The highest BCUT2D eigenvalue weighted by Crippen LogP contribution is 2.35. The Balaban J connectivity index is 0.000000364. The second-order valence-corrected chi connectivity index (χ2v) is 7.33. The average Bonchev–Trinajstić information content (AvgIpc) is 3.28. The average molecular weight is 356 g/mol. The number of nitrogens with zero attached hydrogens (tertiary/aromatic N) is 2. The van der Waals surface area contributed by atoms with E-state index >= 15 is 0 Å². The summed E-state index contributed by atoms with van der Waals surface area (Å²) in [6, 6.07) is 28.1. The van der Waals surface area contributed by atoms with Crippen molar-refractivity contribution in [2.75, 3.05) is 0 Å². The van der Waals surface area contributed by atoms with Crippen molar-refractivity contribution in [2.24, 2.45) is 0 Å². The Morgan fingerprint density at radius 1 is 0.704 bits per heavy atom. The van der Waals surface area contributed by atoms with Gasteiger partial charge >= 0.3 is 0 Å². The number of benzene rings is 3. The van der Waals surface area contributed by atoms with Crippen molar-refractivity contribution in [1.82, 2.24) is 10.4 Å². The van der Waals surface area contributed by atoms with Crippen LogP contribution in [0.5, 0.6) is 0 Å². The van der Waals surface area contributed by atoms with E-state index in [-0.39, 0.29) is 5.41 Å². The molecule has 1 heterocycles. The van der Waals surface area contributed by atoms with Crippen molar-refractivity contribution in [2.45, 2.75) is 26.2 Å². The lowest BCUT2D eigenvalue weighted by molar-refractivity contribution is 0.393. The number of rotatable bonds is 2. The molecule has 136 valence electrons. The number of hydrogen-bond acceptors (Lipinski definition) is 3. The summed E-state index contributed by atoms with van der Waals surface area (Å²) >= 11 is 0. The first kappa shape index (κ1) is 18.6. The third-order valence-electron chi connectivity index (χ3n) is 4.34. The maximum atomic E-state index is 4.22. The highest BCUT2D eigenvalue weighted by Gasteiger charge is 2.16. The van der Waals surface area contributed by atoms with Gasteiger partial charge in [-0.05, 0) is 33.2 Å². The van der Waals surface area contributed by atoms with E-state index in [1.807, 2.05) is 0 Å². The fraction of sp³-hybridized carbons (Fsp3) is 0.167. The molecule has 0 aliphatic carbocycles. The largest absolute Gasteiger partial charge is 0.346 e. The standard InChI is InChI=1S/C22H22.C2H2N2O/c1-22(2,3)19-14-15-20(17-10-6-4-7-11-17)21(16-19)18-12-8-5-9-13-18;1-2-5-4-3-1/h4-16H,1-3H3;1-2H. The van der Waals surface area contributed by atoms with E-state index in [1.54, 1.807) is 0 Å². The lowest BCUT2D eigenvalue weighted by atomic mass is 9.83. The van der Waals surface area contributed by atoms with Gasteiger partial charge in [-0.15, -0.1) is 5.10 Å². The second-order valence-electron chi connectivity index (χ2n) is 7.33. The molecule has 1 aromatic heterocycles. The Kier molecular flexibility index (Phi) is 5.82. The van der Waals surface area contributed by atoms with Gasteiger partial charge in [-0.1, -0.05) is 99.6 Å². The summed E-state index contributed by atoms with van der Waals surface area (Å²) in [7, 11) is 0. The van der Waals surface area contributed by atoms with Crippen LogP contribution in [0.3, 0.4) is 0 Å². The summed E-state index contributed by atoms with van der Waals surface area (Å²) in [5, 5.41) is 6.40. The summed E-state index contributed by atoms with van der Waals surface area (Å²) in [6.07, 6.45) is 2.88. The van der Waals surface area contributed by atoms with Crippen LogP contribution in [-0.4, -0.2) is 10.4 Å². The maximum absolute atomic E-state index is 4.22. The van der Waals surface area contributed by atoms with E-state index in [9.17, 15) is 0 Å². The Morgan fingerprint density at radius 2 is 1.30 bits per heavy atom. The lowest BCUT2D eigenvalue weighted by Gasteiger charge is -2.22. The Labute approximate surface area is 160 Å². The molecule has 0 unspecified atom stereocenters. The Bertz CT molecular complexity index is 924. The van der Waals surface area contributed by atoms with Crippen LogP contribution < -0.4 is 0 Å². The molecule has 0 atom stereocenters. The van der Waals surface area contributed by atoms with Crippen LogP contribution in [0.2, 0.25) is 0 Å². The van der Waals surface area contributed by atoms with Crippen LogP contribution in [0.15, 0.2) is 95.8 Å². The quantitative estimate of drug-likeness (QED) is 0.418. The first-order chi connectivity index (χ1) is 13.1. The van der Waals surface area contributed by atoms with Gasteiger partial charge in [0.2, 0.25) is 0 Å². The van der Waals surface area contributed by atoms with Crippen molar-refractivity contribution in [3.05, 3.63) is 96.9 Å². The van der Waals surface area contributed by atoms with Gasteiger partial charge in [0.25, 0.3) is 0 Å². The number of aromatic nitrogens is 2. The van der Waals surface area contributed by atoms with Gasteiger partial charge < -0.3 is 4.52 Å². The SMILES string of the molecule is CC(C)(C)c1ccc(-c2ccccc2)c(-c2ccccc2)c1.c1conn1. The van der Waals surface area contributed by atoms with Crippen molar-refractivity contribution >= 4 is 0 Å². The molecule has 27 heavy (non-hydrogen) atoms. The molecule has 0 fully saturated rings. The highest BCUT2D eigenvalue weighted by molar-refractivity contribution is 5.84. The van der Waals surface area contributed by atoms with E-state index in [2.05, 4.69) is 115 Å². The normalized spacial score (nSPS) is 10.8. The minimum absolute atomic E-state index is 0.152. The van der Waals surface area contributed by atoms with Gasteiger partial charge in [0.15, 0.2) is 0 Å². The summed E-state index contributed by atoms with van der Waals surface area (Å²) in [5.74, 6) is 0. The lowest BCUT2D eigenvalue weighted by Crippen LogP contribution is -2.11. The Hall–Kier alpha value is -3.20. The molecule has 3 aromatic carbocycles. The summed E-state index contributed by atoms with van der Waals surface area (Å²) in [5.41, 5.74) is 6.65. The van der Waals surface area contributed by atoms with Gasteiger partial charge in [-0.2, -0.15) is 0 Å². The van der Waals surface area contributed by atoms with E-state index in [0.717, 1.165) is 0 Å². The van der Waals surface area contributed by atoms with E-state index in [0.29, 0.717) is 0 Å². The molecule has 4 aromatic rings. The monoisotopic (exact) mass is 356 g/mol. The molecular formula is C24H24N2O. The molecular weight excluding hydrogens is 332 g/mol. The zero-order valence-corrected chi connectivity index (χ0v) is 16.0. The molecule has 0 N–H and O–H groups in total. The third-order valence-corrected chi connectivity index (χ3v) is 4.34. The molecule has 0 bridgehead atoms. The Morgan fingerprint density at radius 3 is 1.74 bits per heavy atom. The molecule has 0 aliphatic rings. The van der Waals surface area contributed by atoms with Gasteiger partial charge in [0.1, 0.15) is 6.26 Å². The first-order valence-electron chi connectivity index (χ1n) is 9.02. The molecule has 4 rings (SSSR count). The topological polar surface area (TPSA) is 38.9 Å². The minimum atomic E-state index is 0.152. The van der Waals surface area contributed by atoms with Gasteiger partial charge in [0.05, 0.1) is 6.20 Å². The van der Waals surface area contributed by atoms with Gasteiger partial charge in [-0.3, -0.25) is 0 Å². The first-order valence-corrected chi connectivity index (χ1v) is 9.02.